The van der Waals surface area contributed by atoms with Gasteiger partial charge in [-0.3, -0.25) is 19.3 Å². The summed E-state index contributed by atoms with van der Waals surface area (Å²) in [4.78, 5) is 40.6. The number of hydrogen-bond donors (Lipinski definition) is 6. The average Bonchev–Trinajstić information content (AvgIpc) is 3.06. The molecule has 1 aliphatic rings. The second kappa shape index (κ2) is 27.0. The quantitative estimate of drug-likeness (QED) is 0.0462. The Balaban J connectivity index is 2.92. The number of unbranched alkanes of at least 4 members (excludes halogenated alkanes) is 19. The van der Waals surface area contributed by atoms with Crippen molar-refractivity contribution in [3.05, 3.63) is 0 Å². The molecule has 1 fully saturated rings. The highest BCUT2D eigenvalue weighted by molar-refractivity contribution is 5.87. The monoisotopic (exact) mass is 685 g/mol. The van der Waals surface area contributed by atoms with Gasteiger partial charge in [-0.15, -0.1) is 0 Å². The molecule has 1 rings (SSSR count). The van der Waals surface area contributed by atoms with Gasteiger partial charge in [0.25, 0.3) is 0 Å². The first kappa shape index (κ1) is 44.2. The number of amides is 3. The van der Waals surface area contributed by atoms with E-state index in [9.17, 15) is 29.7 Å². The van der Waals surface area contributed by atoms with Crippen LogP contribution in [0.2, 0.25) is 0 Å². The average molecular weight is 685 g/mol. The van der Waals surface area contributed by atoms with Gasteiger partial charge < -0.3 is 36.4 Å². The lowest BCUT2D eigenvalue weighted by atomic mass is 9.96. The highest BCUT2D eigenvalue weighted by atomic mass is 16.6. The van der Waals surface area contributed by atoms with Crippen LogP contribution in [0.25, 0.3) is 0 Å². The Labute approximate surface area is 291 Å². The normalized spacial score (nSPS) is 21.5. The van der Waals surface area contributed by atoms with Crippen molar-refractivity contribution in [1.29, 1.82) is 0 Å². The molecule has 0 aromatic rings. The molecule has 0 aromatic heterocycles. The Morgan fingerprint density at radius 1 is 0.792 bits per heavy atom. The van der Waals surface area contributed by atoms with Crippen molar-refractivity contribution in [1.82, 2.24) is 15.5 Å². The fourth-order valence-electron chi connectivity index (χ4n) is 6.42. The van der Waals surface area contributed by atoms with Crippen LogP contribution in [-0.2, 0) is 19.1 Å². The van der Waals surface area contributed by atoms with Gasteiger partial charge >= 0.3 is 0 Å². The predicted molar refractivity (Wildman–Crippen MR) is 191 cm³/mol. The first-order valence-electron chi connectivity index (χ1n) is 19.4. The van der Waals surface area contributed by atoms with Crippen LogP contribution in [0, 0.1) is 0 Å². The number of carbonyl (C=O) groups excluding carboxylic acids is 3. The number of nitrogens with one attached hydrogen (secondary N) is 2. The van der Waals surface area contributed by atoms with Crippen molar-refractivity contribution in [3.63, 3.8) is 0 Å². The van der Waals surface area contributed by atoms with E-state index < -0.39 is 55.2 Å². The van der Waals surface area contributed by atoms with Crippen LogP contribution in [0.15, 0.2) is 0 Å². The Morgan fingerprint density at radius 2 is 1.25 bits per heavy atom. The summed E-state index contributed by atoms with van der Waals surface area (Å²) >= 11 is 0. The van der Waals surface area contributed by atoms with E-state index in [1.165, 1.54) is 95.3 Å². The molecule has 11 nitrogen and oxygen atoms in total. The predicted octanol–water partition coefficient (Wildman–Crippen LogP) is 5.17. The smallest absolute Gasteiger partial charge is 0.243 e. The number of carbonyl (C=O) groups is 3. The van der Waals surface area contributed by atoms with Crippen LogP contribution >= 0.6 is 0 Å². The van der Waals surface area contributed by atoms with Crippen molar-refractivity contribution in [3.8, 4) is 0 Å². The molecule has 0 radical (unpaired) electrons. The molecule has 7 N–H and O–H groups in total. The lowest BCUT2D eigenvalue weighted by Crippen LogP contribution is -2.72. The minimum Gasteiger partial charge on any atom is -0.394 e. The number of aliphatic hydroxyl groups excluding tert-OH is 3. The standard InChI is InChI=1S/C37H72N4O7/c1-4-6-8-10-12-14-15-16-18-20-22-24-26-41(34(45)25-23-21-19-17-13-11-9-7-5-2)37(27-31(43)35(46)32(29-42)48-37)40-33(44)28-39-36(47)30(3)38/h30-32,35,42-43,46H,4-29,38H2,1-3H3,(H,39,47)(H,40,44)/t30-,31+,32+,35-,37-/m0/s1. The lowest BCUT2D eigenvalue weighted by Gasteiger charge is -2.50. The van der Waals surface area contributed by atoms with Gasteiger partial charge in [0, 0.05) is 19.4 Å². The number of aliphatic hydroxyl groups is 3. The van der Waals surface area contributed by atoms with Crippen molar-refractivity contribution >= 4 is 17.7 Å². The SMILES string of the molecule is CCCCCCCCCCCCCCN(C(=O)CCCCCCCCCCC)[C@@]1(NC(=O)CNC(=O)[C@H](C)N)C[C@@H](O)[C@H](O)[C@@H](CO)O1. The summed E-state index contributed by atoms with van der Waals surface area (Å²) in [5, 5.41) is 36.6. The third kappa shape index (κ3) is 18.3. The third-order valence-electron chi connectivity index (χ3n) is 9.43. The molecule has 5 atom stereocenters. The number of ether oxygens (including phenoxy) is 1. The van der Waals surface area contributed by atoms with Crippen LogP contribution in [0.3, 0.4) is 0 Å². The summed E-state index contributed by atoms with van der Waals surface area (Å²) in [6.07, 6.45) is 19.9. The molecule has 0 spiro atoms. The van der Waals surface area contributed by atoms with E-state index in [4.69, 9.17) is 10.5 Å². The van der Waals surface area contributed by atoms with E-state index in [1.54, 1.807) is 0 Å². The van der Waals surface area contributed by atoms with E-state index in [1.807, 2.05) is 0 Å². The molecular formula is C37H72N4O7. The number of nitrogens with zero attached hydrogens (tertiary/aromatic N) is 1. The lowest BCUT2D eigenvalue weighted by molar-refractivity contribution is -0.280. The minimum absolute atomic E-state index is 0.221. The van der Waals surface area contributed by atoms with Gasteiger partial charge in [-0.1, -0.05) is 136 Å². The molecule has 1 saturated heterocycles. The summed E-state index contributed by atoms with van der Waals surface area (Å²) < 4.78 is 6.14. The van der Waals surface area contributed by atoms with Gasteiger partial charge in [-0.05, 0) is 19.8 Å². The van der Waals surface area contributed by atoms with E-state index in [-0.39, 0.29) is 25.3 Å². The van der Waals surface area contributed by atoms with Crippen molar-refractivity contribution in [2.24, 2.45) is 5.73 Å². The molecule has 0 bridgehead atoms. The number of rotatable bonds is 29. The fourth-order valence-corrected chi connectivity index (χ4v) is 6.42. The maximum absolute atomic E-state index is 13.9. The van der Waals surface area contributed by atoms with E-state index in [0.717, 1.165) is 38.5 Å². The van der Waals surface area contributed by atoms with Gasteiger partial charge in [0.1, 0.15) is 12.2 Å². The summed E-state index contributed by atoms with van der Waals surface area (Å²) in [6, 6.07) is -0.811. The molecular weight excluding hydrogens is 612 g/mol. The third-order valence-corrected chi connectivity index (χ3v) is 9.43. The van der Waals surface area contributed by atoms with Gasteiger partial charge in [-0.25, -0.2) is 0 Å². The van der Waals surface area contributed by atoms with Crippen LogP contribution in [-0.4, -0.2) is 87.8 Å². The zero-order valence-corrected chi connectivity index (χ0v) is 30.7. The molecule has 0 unspecified atom stereocenters. The van der Waals surface area contributed by atoms with Crippen LogP contribution < -0.4 is 16.4 Å². The molecule has 0 aliphatic carbocycles. The van der Waals surface area contributed by atoms with Gasteiger partial charge in [0.05, 0.1) is 25.3 Å². The Hall–Kier alpha value is -1.79. The zero-order chi connectivity index (χ0) is 35.6. The molecule has 0 saturated carbocycles. The Bertz CT molecular complexity index is 862. The van der Waals surface area contributed by atoms with Crippen LogP contribution in [0.4, 0.5) is 0 Å². The van der Waals surface area contributed by atoms with E-state index >= 15 is 0 Å². The van der Waals surface area contributed by atoms with E-state index in [2.05, 4.69) is 24.5 Å². The van der Waals surface area contributed by atoms with Gasteiger partial charge in [0.15, 0.2) is 0 Å². The first-order chi connectivity index (χ1) is 23.1. The highest BCUT2D eigenvalue weighted by Crippen LogP contribution is 2.32. The van der Waals surface area contributed by atoms with Crippen LogP contribution in [0.1, 0.15) is 168 Å². The molecule has 0 aromatic carbocycles. The number of nitrogens with two attached hydrogens (primary N) is 1. The van der Waals surface area contributed by atoms with Gasteiger partial charge in [-0.2, -0.15) is 0 Å². The molecule has 1 heterocycles. The largest absolute Gasteiger partial charge is 0.394 e. The Morgan fingerprint density at radius 3 is 1.71 bits per heavy atom. The maximum atomic E-state index is 13.9. The highest BCUT2D eigenvalue weighted by Gasteiger charge is 2.52. The fraction of sp³-hybridized carbons (Fsp3) is 0.919. The number of hydrogen-bond acceptors (Lipinski definition) is 8. The summed E-state index contributed by atoms with van der Waals surface area (Å²) in [7, 11) is 0. The van der Waals surface area contributed by atoms with Crippen molar-refractivity contribution in [2.75, 3.05) is 19.7 Å². The summed E-state index contributed by atoms with van der Waals surface area (Å²) in [5.41, 5.74) is 5.62. The molecule has 1 aliphatic heterocycles. The summed E-state index contributed by atoms with van der Waals surface area (Å²) in [6.45, 7) is 5.20. The van der Waals surface area contributed by atoms with Crippen LogP contribution in [0.5, 0.6) is 0 Å². The first-order valence-corrected chi connectivity index (χ1v) is 19.4. The van der Waals surface area contributed by atoms with Crippen molar-refractivity contribution in [2.45, 2.75) is 199 Å². The Kier molecular flexibility index (Phi) is 24.9. The molecule has 3 amide bonds. The second-order valence-corrected chi connectivity index (χ2v) is 14.0. The molecule has 48 heavy (non-hydrogen) atoms. The summed E-state index contributed by atoms with van der Waals surface area (Å²) in [5.74, 6) is -3.17. The molecule has 11 heteroatoms. The van der Waals surface area contributed by atoms with Gasteiger partial charge in [0.2, 0.25) is 23.6 Å². The maximum Gasteiger partial charge on any atom is 0.243 e. The topological polar surface area (TPSA) is 174 Å². The second-order valence-electron chi connectivity index (χ2n) is 14.0. The van der Waals surface area contributed by atoms with Crippen molar-refractivity contribution < 1.29 is 34.4 Å². The molecule has 282 valence electrons. The zero-order valence-electron chi connectivity index (χ0n) is 30.7. The minimum atomic E-state index is -1.80. The van der Waals surface area contributed by atoms with E-state index in [0.29, 0.717) is 12.8 Å².